The van der Waals surface area contributed by atoms with Crippen molar-refractivity contribution in [2.24, 2.45) is 0 Å². The molecule has 2 amide bonds. The topological polar surface area (TPSA) is 57.7 Å². The van der Waals surface area contributed by atoms with Crippen LogP contribution in [0, 0.1) is 0 Å². The Morgan fingerprint density at radius 1 is 1.30 bits per heavy atom. The smallest absolute Gasteiger partial charge is 0.378 e. The molecule has 3 rings (SSSR count). The molecule has 9 heteroatoms. The molecule has 0 aromatic carbocycles. The van der Waals surface area contributed by atoms with E-state index in [1.165, 1.54) is 0 Å². The maximum atomic E-state index is 12.7. The highest BCUT2D eigenvalue weighted by molar-refractivity contribution is 5.75. The molecule has 0 unspecified atom stereocenters. The quantitative estimate of drug-likeness (QED) is 0.889. The Kier molecular flexibility index (Phi) is 4.29. The van der Waals surface area contributed by atoms with Crippen LogP contribution in [0.2, 0.25) is 0 Å². The molecule has 0 aliphatic carbocycles. The number of nitrogens with one attached hydrogen (secondary N) is 1. The van der Waals surface area contributed by atoms with Crippen molar-refractivity contribution in [2.75, 3.05) is 44.3 Å². The van der Waals surface area contributed by atoms with E-state index >= 15 is 0 Å². The zero-order chi connectivity index (χ0) is 16.4. The van der Waals surface area contributed by atoms with E-state index in [-0.39, 0.29) is 17.9 Å². The molecule has 3 heterocycles. The van der Waals surface area contributed by atoms with Gasteiger partial charge in [-0.3, -0.25) is 0 Å². The summed E-state index contributed by atoms with van der Waals surface area (Å²) in [6, 6.07) is 1.73. The van der Waals surface area contributed by atoms with Gasteiger partial charge in [0.25, 0.3) is 0 Å². The van der Waals surface area contributed by atoms with Crippen LogP contribution in [0.15, 0.2) is 18.3 Å². The Labute approximate surface area is 131 Å². The van der Waals surface area contributed by atoms with Gasteiger partial charge in [-0.15, -0.1) is 0 Å². The molecule has 1 N–H and O–H groups in total. The number of pyridine rings is 1. The number of alkyl halides is 3. The lowest BCUT2D eigenvalue weighted by atomic mass is 10.1. The Balaban J connectivity index is 1.52. The predicted octanol–water partition coefficient (Wildman–Crippen LogP) is 1.33. The van der Waals surface area contributed by atoms with Gasteiger partial charge in [-0.2, -0.15) is 13.2 Å². The number of urea groups is 1. The molecule has 2 aliphatic heterocycles. The predicted molar refractivity (Wildman–Crippen MR) is 76.2 cm³/mol. The number of hydrogen-bond donors (Lipinski definition) is 1. The molecule has 2 aliphatic rings. The van der Waals surface area contributed by atoms with Crippen molar-refractivity contribution < 1.29 is 22.7 Å². The molecular formula is C14H17F3N4O2. The molecule has 2 saturated heterocycles. The van der Waals surface area contributed by atoms with Crippen LogP contribution in [0.5, 0.6) is 0 Å². The van der Waals surface area contributed by atoms with E-state index in [1.54, 1.807) is 9.80 Å². The van der Waals surface area contributed by atoms with Crippen LogP contribution in [0.25, 0.3) is 0 Å². The van der Waals surface area contributed by atoms with E-state index in [0.29, 0.717) is 39.4 Å². The van der Waals surface area contributed by atoms with E-state index in [2.05, 4.69) is 10.3 Å². The van der Waals surface area contributed by atoms with E-state index in [0.717, 1.165) is 18.3 Å². The highest BCUT2D eigenvalue weighted by Gasteiger charge is 2.34. The van der Waals surface area contributed by atoms with Crippen LogP contribution in [-0.4, -0.2) is 61.3 Å². The zero-order valence-electron chi connectivity index (χ0n) is 12.3. The van der Waals surface area contributed by atoms with Crippen LogP contribution in [-0.2, 0) is 10.9 Å². The number of morpholine rings is 1. The van der Waals surface area contributed by atoms with E-state index in [4.69, 9.17) is 4.74 Å². The Morgan fingerprint density at radius 2 is 2.00 bits per heavy atom. The first kappa shape index (κ1) is 15.9. The summed E-state index contributed by atoms with van der Waals surface area (Å²) < 4.78 is 43.2. The molecule has 0 saturated carbocycles. The number of ether oxygens (including phenoxy) is 1. The number of hydrogen-bond acceptors (Lipinski definition) is 4. The second kappa shape index (κ2) is 6.23. The summed E-state index contributed by atoms with van der Waals surface area (Å²) in [5.41, 5.74) is -0.719. The van der Waals surface area contributed by atoms with Crippen molar-refractivity contribution in [2.45, 2.75) is 12.2 Å². The van der Waals surface area contributed by atoms with Crippen LogP contribution in [0.3, 0.4) is 0 Å². The fraction of sp³-hybridized carbons (Fsp3) is 0.571. The molecule has 1 aromatic rings. The van der Waals surface area contributed by atoms with Gasteiger partial charge in [0.15, 0.2) is 0 Å². The average Bonchev–Trinajstić information content (AvgIpc) is 2.50. The zero-order valence-corrected chi connectivity index (χ0v) is 12.3. The van der Waals surface area contributed by atoms with Gasteiger partial charge >= 0.3 is 12.2 Å². The lowest BCUT2D eigenvalue weighted by molar-refractivity contribution is -0.137. The summed E-state index contributed by atoms with van der Waals surface area (Å²) in [5.74, 6) is 0.275. The van der Waals surface area contributed by atoms with Crippen molar-refractivity contribution in [1.82, 2.24) is 15.2 Å². The maximum absolute atomic E-state index is 12.7. The lowest BCUT2D eigenvalue weighted by Crippen LogP contribution is -2.62. The van der Waals surface area contributed by atoms with E-state index in [1.807, 2.05) is 0 Å². The lowest BCUT2D eigenvalue weighted by Gasteiger charge is -2.41. The fourth-order valence-electron chi connectivity index (χ4n) is 2.56. The number of aromatic nitrogens is 1. The SMILES string of the molecule is O=C(NC1CN(c2cc(C(F)(F)F)ccn2)C1)N1CCOCC1. The summed E-state index contributed by atoms with van der Waals surface area (Å²) in [6.45, 7) is 3.06. The van der Waals surface area contributed by atoms with Crippen molar-refractivity contribution in [3.8, 4) is 0 Å². The third-order valence-corrected chi connectivity index (χ3v) is 3.90. The summed E-state index contributed by atoms with van der Waals surface area (Å²) in [5, 5.41) is 2.87. The summed E-state index contributed by atoms with van der Waals surface area (Å²) in [7, 11) is 0. The van der Waals surface area contributed by atoms with Crippen molar-refractivity contribution >= 4 is 11.8 Å². The number of nitrogens with zero attached hydrogens (tertiary/aromatic N) is 3. The molecule has 23 heavy (non-hydrogen) atoms. The van der Waals surface area contributed by atoms with Gasteiger partial charge in [-0.05, 0) is 12.1 Å². The molecule has 0 bridgehead atoms. The maximum Gasteiger partial charge on any atom is 0.416 e. The molecule has 6 nitrogen and oxygen atoms in total. The van der Waals surface area contributed by atoms with Crippen molar-refractivity contribution in [1.29, 1.82) is 0 Å². The van der Waals surface area contributed by atoms with Gasteiger partial charge in [-0.25, -0.2) is 9.78 Å². The van der Waals surface area contributed by atoms with Gasteiger partial charge in [0.2, 0.25) is 0 Å². The highest BCUT2D eigenvalue weighted by atomic mass is 19.4. The minimum atomic E-state index is -4.38. The summed E-state index contributed by atoms with van der Waals surface area (Å²) in [4.78, 5) is 19.4. The first-order chi connectivity index (χ1) is 10.9. The Bertz CT molecular complexity index is 569. The largest absolute Gasteiger partial charge is 0.416 e. The minimum Gasteiger partial charge on any atom is -0.378 e. The number of halogens is 3. The van der Waals surface area contributed by atoms with Gasteiger partial charge in [0.05, 0.1) is 24.8 Å². The number of anilines is 1. The van der Waals surface area contributed by atoms with Crippen LogP contribution >= 0.6 is 0 Å². The second-order valence-electron chi connectivity index (χ2n) is 5.55. The van der Waals surface area contributed by atoms with Crippen molar-refractivity contribution in [3.63, 3.8) is 0 Å². The van der Waals surface area contributed by atoms with Gasteiger partial charge < -0.3 is 19.9 Å². The Morgan fingerprint density at radius 3 is 2.65 bits per heavy atom. The van der Waals surface area contributed by atoms with Gasteiger partial charge in [0.1, 0.15) is 5.82 Å². The second-order valence-corrected chi connectivity index (χ2v) is 5.55. The molecule has 0 spiro atoms. The summed E-state index contributed by atoms with van der Waals surface area (Å²) in [6.07, 6.45) is -3.23. The average molecular weight is 330 g/mol. The minimum absolute atomic E-state index is 0.0818. The first-order valence-electron chi connectivity index (χ1n) is 7.35. The Hall–Kier alpha value is -2.03. The molecule has 1 aromatic heterocycles. The highest BCUT2D eigenvalue weighted by Crippen LogP contribution is 2.31. The third-order valence-electron chi connectivity index (χ3n) is 3.90. The standard InChI is InChI=1S/C14H17F3N4O2/c15-14(16,17)10-1-2-18-12(7-10)21-8-11(9-21)19-13(22)20-3-5-23-6-4-20/h1-2,7,11H,3-6,8-9H2,(H,19,22). The summed E-state index contributed by atoms with van der Waals surface area (Å²) >= 11 is 0. The van der Waals surface area contributed by atoms with Gasteiger partial charge in [-0.1, -0.05) is 0 Å². The van der Waals surface area contributed by atoms with Crippen LogP contribution in [0.4, 0.5) is 23.8 Å². The molecule has 0 atom stereocenters. The first-order valence-corrected chi connectivity index (χ1v) is 7.35. The number of carbonyl (C=O) groups is 1. The van der Waals surface area contributed by atoms with Crippen LogP contribution < -0.4 is 10.2 Å². The monoisotopic (exact) mass is 330 g/mol. The third kappa shape index (κ3) is 3.66. The fourth-order valence-corrected chi connectivity index (χ4v) is 2.56. The molecule has 2 fully saturated rings. The normalized spacial score (nSPS) is 19.4. The molecule has 0 radical (unpaired) electrons. The molecule has 126 valence electrons. The van der Waals surface area contributed by atoms with E-state index in [9.17, 15) is 18.0 Å². The van der Waals surface area contributed by atoms with E-state index < -0.39 is 11.7 Å². The number of amides is 2. The van der Waals surface area contributed by atoms with Gasteiger partial charge in [0, 0.05) is 32.4 Å². The number of rotatable bonds is 2. The molecular weight excluding hydrogens is 313 g/mol. The van der Waals surface area contributed by atoms with Crippen LogP contribution in [0.1, 0.15) is 5.56 Å². The van der Waals surface area contributed by atoms with Crippen molar-refractivity contribution in [3.05, 3.63) is 23.9 Å². The number of carbonyl (C=O) groups excluding carboxylic acids is 1.